The maximum Gasteiger partial charge on any atom is 0.373 e. The third-order valence-electron chi connectivity index (χ3n) is 3.41. The Bertz CT molecular complexity index is 647. The van der Waals surface area contributed by atoms with E-state index in [1.807, 2.05) is 0 Å². The van der Waals surface area contributed by atoms with Gasteiger partial charge in [0, 0.05) is 37.4 Å². The van der Waals surface area contributed by atoms with Gasteiger partial charge in [-0.3, -0.25) is 19.2 Å². The number of rotatable bonds is 17. The van der Waals surface area contributed by atoms with Crippen LogP contribution in [0, 0.1) is 0 Å². The molecule has 0 radical (unpaired) electrons. The van der Waals surface area contributed by atoms with Gasteiger partial charge in [-0.25, -0.2) is 9.59 Å². The molecule has 0 saturated carbocycles. The molecule has 14 heteroatoms. The molecule has 0 aliphatic heterocycles. The Labute approximate surface area is 191 Å². The fourth-order valence-corrected chi connectivity index (χ4v) is 4.67. The number of hydrogen-bond acceptors (Lipinski definition) is 10. The Hall–Kier alpha value is -1.38. The van der Waals surface area contributed by atoms with E-state index >= 15 is 0 Å². The van der Waals surface area contributed by atoms with Gasteiger partial charge in [0.05, 0.1) is 10.5 Å². The van der Waals surface area contributed by atoms with Gasteiger partial charge in [0.15, 0.2) is 0 Å². The number of thiol groups is 1. The van der Waals surface area contributed by atoms with Gasteiger partial charge in [-0.15, -0.1) is 0 Å². The molecule has 170 valence electrons. The van der Waals surface area contributed by atoms with Crippen molar-refractivity contribution in [1.29, 1.82) is 0 Å². The zero-order valence-corrected chi connectivity index (χ0v) is 19.5. The summed E-state index contributed by atoms with van der Waals surface area (Å²) in [4.78, 5) is 67.0. The van der Waals surface area contributed by atoms with E-state index in [-0.39, 0.29) is 25.2 Å². The number of Topliss-reactive ketones (excluding diaryl/α,β-unsaturated/α-hetero) is 2. The van der Waals surface area contributed by atoms with Crippen molar-refractivity contribution in [3.8, 4) is 0 Å². The summed E-state index contributed by atoms with van der Waals surface area (Å²) in [7, 11) is 2.94. The van der Waals surface area contributed by atoms with E-state index in [1.54, 1.807) is 6.26 Å². The number of carboxylic acid groups (broad SMARTS) is 2. The normalized spacial score (nSPS) is 12.5. The standard InChI is InChI=1S/C16H24N2O8S4/c1-28-10(14(22)16(25)26)2-3-11(19)17-4-6-29-30-7-5-18-12(20)8-9(27)13(21)15(23)24/h9-10,27H,2-8H2,1H3,(H,17,19)(H,18,20)(H,23,24)(H,25,26). The number of hydrogen-bond donors (Lipinski definition) is 5. The quantitative estimate of drug-likeness (QED) is 0.0795. The number of aliphatic carboxylic acids is 2. The van der Waals surface area contributed by atoms with Crippen LogP contribution < -0.4 is 10.6 Å². The van der Waals surface area contributed by atoms with Gasteiger partial charge in [-0.2, -0.15) is 24.4 Å². The second-order valence-electron chi connectivity index (χ2n) is 5.67. The maximum atomic E-state index is 11.7. The van der Waals surface area contributed by atoms with Crippen molar-refractivity contribution >= 4 is 81.3 Å². The number of thioether (sulfide) groups is 1. The molecular formula is C16H24N2O8S4. The van der Waals surface area contributed by atoms with Gasteiger partial charge in [0.25, 0.3) is 11.6 Å². The minimum atomic E-state index is -1.63. The highest BCUT2D eigenvalue weighted by atomic mass is 33.1. The minimum absolute atomic E-state index is 0.0604. The van der Waals surface area contributed by atoms with Crippen LogP contribution in [0.4, 0.5) is 0 Å². The van der Waals surface area contributed by atoms with Gasteiger partial charge in [-0.1, -0.05) is 21.6 Å². The summed E-state index contributed by atoms with van der Waals surface area (Å²) in [5.41, 5.74) is 0. The third-order valence-corrected chi connectivity index (χ3v) is 7.26. The molecule has 2 unspecified atom stereocenters. The second kappa shape index (κ2) is 16.3. The zero-order chi connectivity index (χ0) is 23.1. The van der Waals surface area contributed by atoms with E-state index in [1.165, 1.54) is 21.6 Å². The van der Waals surface area contributed by atoms with Crippen LogP contribution in [0.3, 0.4) is 0 Å². The average Bonchev–Trinajstić information content (AvgIpc) is 2.69. The van der Waals surface area contributed by atoms with Crippen LogP contribution >= 0.6 is 46.0 Å². The summed E-state index contributed by atoms with van der Waals surface area (Å²) < 4.78 is 0. The SMILES string of the molecule is CSC(CCC(=O)NCCSSCCNC(=O)CC(S)C(=O)C(=O)O)C(=O)C(=O)O. The maximum absolute atomic E-state index is 11.7. The van der Waals surface area contributed by atoms with E-state index < -0.39 is 39.9 Å². The molecule has 0 aromatic carbocycles. The van der Waals surface area contributed by atoms with E-state index in [2.05, 4.69) is 23.3 Å². The third kappa shape index (κ3) is 13.0. The monoisotopic (exact) mass is 500 g/mol. The molecule has 0 spiro atoms. The lowest BCUT2D eigenvalue weighted by Gasteiger charge is -2.10. The second-order valence-corrected chi connectivity index (χ2v) is 10.0. The average molecular weight is 501 g/mol. The van der Waals surface area contributed by atoms with E-state index in [4.69, 9.17) is 10.2 Å². The first kappa shape index (κ1) is 28.6. The largest absolute Gasteiger partial charge is 0.475 e. The highest BCUT2D eigenvalue weighted by Gasteiger charge is 2.24. The van der Waals surface area contributed by atoms with Gasteiger partial charge >= 0.3 is 11.9 Å². The molecule has 0 aliphatic carbocycles. The predicted octanol–water partition coefficient (Wildman–Crippen LogP) is 0.108. The Morgan fingerprint density at radius 2 is 1.37 bits per heavy atom. The topological polar surface area (TPSA) is 167 Å². The van der Waals surface area contributed by atoms with Crippen molar-refractivity contribution in [2.75, 3.05) is 30.9 Å². The molecular weight excluding hydrogens is 476 g/mol. The molecule has 0 aromatic heterocycles. The Kier molecular flexibility index (Phi) is 15.6. The number of nitrogens with one attached hydrogen (secondary N) is 2. The summed E-state index contributed by atoms with van der Waals surface area (Å²) >= 11 is 4.89. The molecule has 2 amide bonds. The lowest BCUT2D eigenvalue weighted by Crippen LogP contribution is -2.32. The smallest absolute Gasteiger partial charge is 0.373 e. The van der Waals surface area contributed by atoms with Crippen molar-refractivity contribution in [2.45, 2.75) is 29.8 Å². The van der Waals surface area contributed by atoms with E-state index in [0.29, 0.717) is 24.6 Å². The molecule has 0 saturated heterocycles. The summed E-state index contributed by atoms with van der Waals surface area (Å²) in [6.45, 7) is 0.733. The molecule has 2 atom stereocenters. The molecule has 0 heterocycles. The first-order valence-corrected chi connectivity index (χ1v) is 12.9. The molecule has 0 aromatic rings. The van der Waals surface area contributed by atoms with Crippen molar-refractivity contribution in [3.63, 3.8) is 0 Å². The lowest BCUT2D eigenvalue weighted by molar-refractivity contribution is -0.149. The van der Waals surface area contributed by atoms with Crippen LogP contribution in [-0.2, 0) is 28.8 Å². The number of ketones is 2. The first-order chi connectivity index (χ1) is 14.1. The van der Waals surface area contributed by atoms with Crippen LogP contribution in [0.15, 0.2) is 0 Å². The zero-order valence-electron chi connectivity index (χ0n) is 16.1. The van der Waals surface area contributed by atoms with Crippen molar-refractivity contribution in [2.24, 2.45) is 0 Å². The van der Waals surface area contributed by atoms with E-state index in [0.717, 1.165) is 11.8 Å². The van der Waals surface area contributed by atoms with Crippen LogP contribution in [0.25, 0.3) is 0 Å². The molecule has 0 bridgehead atoms. The van der Waals surface area contributed by atoms with Crippen molar-refractivity contribution in [1.82, 2.24) is 10.6 Å². The summed E-state index contributed by atoms with van der Waals surface area (Å²) in [6.07, 6.45) is 1.52. The number of carbonyl (C=O) groups is 6. The highest BCUT2D eigenvalue weighted by Crippen LogP contribution is 2.19. The lowest BCUT2D eigenvalue weighted by atomic mass is 10.1. The number of amides is 2. The molecule has 4 N–H and O–H groups in total. The fourth-order valence-electron chi connectivity index (χ4n) is 1.91. The Balaban J connectivity index is 3.76. The van der Waals surface area contributed by atoms with Gasteiger partial charge < -0.3 is 20.8 Å². The minimum Gasteiger partial charge on any atom is -0.475 e. The number of carboxylic acids is 2. The Morgan fingerprint density at radius 3 is 1.83 bits per heavy atom. The van der Waals surface area contributed by atoms with Crippen LogP contribution in [0.5, 0.6) is 0 Å². The van der Waals surface area contributed by atoms with Crippen molar-refractivity contribution in [3.05, 3.63) is 0 Å². The molecule has 10 nitrogen and oxygen atoms in total. The highest BCUT2D eigenvalue weighted by molar-refractivity contribution is 8.76. The number of carbonyl (C=O) groups excluding carboxylic acids is 4. The summed E-state index contributed by atoms with van der Waals surface area (Å²) in [6, 6.07) is 0. The van der Waals surface area contributed by atoms with E-state index in [9.17, 15) is 28.8 Å². The first-order valence-electron chi connectivity index (χ1n) is 8.63. The van der Waals surface area contributed by atoms with Crippen molar-refractivity contribution < 1.29 is 39.0 Å². The molecule has 0 aliphatic rings. The van der Waals surface area contributed by atoms with Crippen LogP contribution in [0.2, 0.25) is 0 Å². The fraction of sp³-hybridized carbons (Fsp3) is 0.625. The van der Waals surface area contributed by atoms with Gasteiger partial charge in [-0.05, 0) is 12.7 Å². The molecule has 30 heavy (non-hydrogen) atoms. The molecule has 0 fully saturated rings. The van der Waals surface area contributed by atoms with Crippen LogP contribution in [-0.4, -0.2) is 86.9 Å². The molecule has 0 rings (SSSR count). The summed E-state index contributed by atoms with van der Waals surface area (Å²) in [5, 5.41) is 20.5. The Morgan fingerprint density at radius 1 is 0.867 bits per heavy atom. The predicted molar refractivity (Wildman–Crippen MR) is 120 cm³/mol. The van der Waals surface area contributed by atoms with Gasteiger partial charge in [0.2, 0.25) is 11.8 Å². The summed E-state index contributed by atoms with van der Waals surface area (Å²) in [5.74, 6) is -4.71. The van der Waals surface area contributed by atoms with Crippen LogP contribution in [0.1, 0.15) is 19.3 Å². The van der Waals surface area contributed by atoms with Gasteiger partial charge in [0.1, 0.15) is 0 Å².